The van der Waals surface area contributed by atoms with E-state index in [1.54, 1.807) is 17.0 Å². The van der Waals surface area contributed by atoms with Gasteiger partial charge in [0.2, 0.25) is 5.91 Å². The second kappa shape index (κ2) is 7.48. The predicted octanol–water partition coefficient (Wildman–Crippen LogP) is 0.0301. The number of hydrogen-bond donors (Lipinski definition) is 2. The quantitative estimate of drug-likeness (QED) is 0.761. The van der Waals surface area contributed by atoms with E-state index in [9.17, 15) is 14.0 Å². The first-order valence-corrected chi connectivity index (χ1v) is 8.07. The Hall–Kier alpha value is -2.35. The van der Waals surface area contributed by atoms with Gasteiger partial charge >= 0.3 is 6.03 Å². The highest BCUT2D eigenvalue weighted by Crippen LogP contribution is 2.15. The molecule has 2 saturated heterocycles. The number of amides is 3. The summed E-state index contributed by atoms with van der Waals surface area (Å²) in [5.74, 6) is -0.288. The number of para-hydroxylation sites is 1. The van der Waals surface area contributed by atoms with E-state index >= 15 is 0 Å². The number of nitrogens with one attached hydrogen (secondary N) is 2. The largest absolute Gasteiger partial charge is 0.489 e. The van der Waals surface area contributed by atoms with Crippen LogP contribution in [0.5, 0.6) is 5.75 Å². The van der Waals surface area contributed by atoms with Crippen molar-refractivity contribution in [3.63, 3.8) is 0 Å². The topological polar surface area (TPSA) is 73.9 Å². The number of benzene rings is 1. The standard InChI is InChI=1S/C16H21FN4O3/c17-12-3-1-2-4-14(12)24-10-6-19-16(23)21-9-8-20-7-5-18-15(22)13(20)11-21/h1-4,13H,5-11H2,(H,18,22)(H,19,23)/t13-/m1/s1. The number of carbonyl (C=O) groups excluding carboxylic acids is 2. The Balaban J connectivity index is 1.42. The molecule has 2 aliphatic rings. The number of carbonyl (C=O) groups is 2. The summed E-state index contributed by atoms with van der Waals surface area (Å²) in [6.45, 7) is 3.59. The fourth-order valence-corrected chi connectivity index (χ4v) is 2.95. The first-order chi connectivity index (χ1) is 11.6. The maximum Gasteiger partial charge on any atom is 0.317 e. The van der Waals surface area contributed by atoms with Crippen LogP contribution in [0.2, 0.25) is 0 Å². The van der Waals surface area contributed by atoms with E-state index in [2.05, 4.69) is 15.5 Å². The lowest BCUT2D eigenvalue weighted by Gasteiger charge is -2.42. The number of piperazine rings is 2. The van der Waals surface area contributed by atoms with Gasteiger partial charge in [-0.05, 0) is 12.1 Å². The monoisotopic (exact) mass is 336 g/mol. The SMILES string of the molecule is O=C1NCCN2CCN(C(=O)NCCOc3ccccc3F)C[C@H]12. The Bertz CT molecular complexity index is 613. The highest BCUT2D eigenvalue weighted by Gasteiger charge is 2.36. The van der Waals surface area contributed by atoms with E-state index in [0.717, 1.165) is 6.54 Å². The van der Waals surface area contributed by atoms with E-state index in [1.165, 1.54) is 12.1 Å². The van der Waals surface area contributed by atoms with Crippen LogP contribution in [0.25, 0.3) is 0 Å². The van der Waals surface area contributed by atoms with Crippen LogP contribution in [0.1, 0.15) is 0 Å². The zero-order chi connectivity index (χ0) is 16.9. The Morgan fingerprint density at radius 2 is 2.17 bits per heavy atom. The molecule has 3 amide bonds. The smallest absolute Gasteiger partial charge is 0.317 e. The van der Waals surface area contributed by atoms with Crippen molar-refractivity contribution in [1.29, 1.82) is 0 Å². The lowest BCUT2D eigenvalue weighted by molar-refractivity contribution is -0.131. The van der Waals surface area contributed by atoms with Crippen LogP contribution in [0, 0.1) is 5.82 Å². The van der Waals surface area contributed by atoms with Gasteiger partial charge in [-0.3, -0.25) is 9.69 Å². The highest BCUT2D eigenvalue weighted by atomic mass is 19.1. The van der Waals surface area contributed by atoms with Crippen LogP contribution in [0.15, 0.2) is 24.3 Å². The van der Waals surface area contributed by atoms with Crippen molar-refractivity contribution in [2.45, 2.75) is 6.04 Å². The number of hydrogen-bond acceptors (Lipinski definition) is 4. The Kier molecular flexibility index (Phi) is 5.14. The van der Waals surface area contributed by atoms with E-state index in [4.69, 9.17) is 4.74 Å². The Morgan fingerprint density at radius 3 is 3.00 bits per heavy atom. The molecule has 1 atom stereocenters. The molecular weight excluding hydrogens is 315 g/mol. The minimum atomic E-state index is -0.428. The average molecular weight is 336 g/mol. The molecule has 1 aromatic rings. The molecule has 0 unspecified atom stereocenters. The molecule has 1 aromatic carbocycles. The minimum absolute atomic E-state index is 0.0263. The van der Waals surface area contributed by atoms with Gasteiger partial charge in [-0.2, -0.15) is 0 Å². The summed E-state index contributed by atoms with van der Waals surface area (Å²) in [5.41, 5.74) is 0. The molecule has 7 nitrogen and oxygen atoms in total. The number of rotatable bonds is 4. The van der Waals surface area contributed by atoms with Crippen LogP contribution in [-0.2, 0) is 4.79 Å². The molecule has 2 N–H and O–H groups in total. The molecule has 0 bridgehead atoms. The molecule has 3 rings (SSSR count). The third-order valence-electron chi connectivity index (χ3n) is 4.25. The summed E-state index contributed by atoms with van der Waals surface area (Å²) in [6, 6.07) is 5.63. The van der Waals surface area contributed by atoms with Crippen molar-refractivity contribution < 1.29 is 18.7 Å². The number of halogens is 1. The second-order valence-electron chi connectivity index (χ2n) is 5.80. The lowest BCUT2D eigenvalue weighted by atomic mass is 10.1. The zero-order valence-electron chi connectivity index (χ0n) is 13.3. The molecule has 0 spiro atoms. The van der Waals surface area contributed by atoms with Crippen LogP contribution in [-0.4, -0.2) is 73.7 Å². The fourth-order valence-electron chi connectivity index (χ4n) is 2.95. The van der Waals surface area contributed by atoms with Gasteiger partial charge < -0.3 is 20.3 Å². The van der Waals surface area contributed by atoms with Gasteiger partial charge in [0.05, 0.1) is 6.54 Å². The summed E-state index contributed by atoms with van der Waals surface area (Å²) in [6.07, 6.45) is 0. The van der Waals surface area contributed by atoms with Gasteiger partial charge in [-0.1, -0.05) is 12.1 Å². The van der Waals surface area contributed by atoms with E-state index < -0.39 is 5.82 Å². The highest BCUT2D eigenvalue weighted by molar-refractivity contribution is 5.84. The first-order valence-electron chi connectivity index (χ1n) is 8.07. The van der Waals surface area contributed by atoms with Gasteiger partial charge in [0.25, 0.3) is 0 Å². The first kappa shape index (κ1) is 16.5. The van der Waals surface area contributed by atoms with Crippen molar-refractivity contribution in [2.24, 2.45) is 0 Å². The van der Waals surface area contributed by atoms with Crippen LogP contribution < -0.4 is 15.4 Å². The maximum atomic E-state index is 13.4. The van der Waals surface area contributed by atoms with E-state index in [1.807, 2.05) is 0 Å². The molecule has 2 fully saturated rings. The summed E-state index contributed by atoms with van der Waals surface area (Å²) in [5, 5.41) is 5.56. The molecule has 0 aromatic heterocycles. The predicted molar refractivity (Wildman–Crippen MR) is 85.2 cm³/mol. The molecule has 0 radical (unpaired) electrons. The van der Waals surface area contributed by atoms with Crippen LogP contribution in [0.3, 0.4) is 0 Å². The number of fused-ring (bicyclic) bond motifs is 1. The number of ether oxygens (including phenoxy) is 1. The molecule has 0 saturated carbocycles. The van der Waals surface area contributed by atoms with Crippen LogP contribution in [0.4, 0.5) is 9.18 Å². The Labute approximate surface area is 139 Å². The third-order valence-corrected chi connectivity index (χ3v) is 4.25. The van der Waals surface area contributed by atoms with Crippen LogP contribution >= 0.6 is 0 Å². The average Bonchev–Trinajstić information content (AvgIpc) is 2.60. The van der Waals surface area contributed by atoms with E-state index in [0.29, 0.717) is 26.2 Å². The van der Waals surface area contributed by atoms with Crippen molar-refractivity contribution in [1.82, 2.24) is 20.4 Å². The number of urea groups is 1. The lowest BCUT2D eigenvalue weighted by Crippen LogP contribution is -2.65. The molecule has 24 heavy (non-hydrogen) atoms. The summed E-state index contributed by atoms with van der Waals surface area (Å²) >= 11 is 0. The van der Waals surface area contributed by atoms with Gasteiger partial charge in [0.1, 0.15) is 12.6 Å². The van der Waals surface area contributed by atoms with Crippen molar-refractivity contribution >= 4 is 11.9 Å². The molecule has 8 heteroatoms. The normalized spacial score (nSPS) is 21.0. The summed E-state index contributed by atoms with van der Waals surface area (Å²) in [4.78, 5) is 27.8. The minimum Gasteiger partial charge on any atom is -0.489 e. The van der Waals surface area contributed by atoms with Gasteiger partial charge in [-0.25, -0.2) is 9.18 Å². The fraction of sp³-hybridized carbons (Fsp3) is 0.500. The second-order valence-corrected chi connectivity index (χ2v) is 5.80. The van der Waals surface area contributed by atoms with Gasteiger partial charge in [0, 0.05) is 32.7 Å². The maximum absolute atomic E-state index is 13.4. The third kappa shape index (κ3) is 3.76. The molecule has 2 heterocycles. The molecule has 0 aliphatic carbocycles. The summed E-state index contributed by atoms with van der Waals surface area (Å²) < 4.78 is 18.7. The van der Waals surface area contributed by atoms with Gasteiger partial charge in [0.15, 0.2) is 11.6 Å². The van der Waals surface area contributed by atoms with Gasteiger partial charge in [-0.15, -0.1) is 0 Å². The molecule has 2 aliphatic heterocycles. The number of nitrogens with zero attached hydrogens (tertiary/aromatic N) is 2. The zero-order valence-corrected chi connectivity index (χ0v) is 13.3. The summed E-state index contributed by atoms with van der Waals surface area (Å²) in [7, 11) is 0. The molecular formula is C16H21FN4O3. The van der Waals surface area contributed by atoms with E-state index in [-0.39, 0.29) is 36.9 Å². The Morgan fingerprint density at radius 1 is 1.33 bits per heavy atom. The molecule has 130 valence electrons. The van der Waals surface area contributed by atoms with Crippen molar-refractivity contribution in [3.8, 4) is 5.75 Å². The van der Waals surface area contributed by atoms with Crippen molar-refractivity contribution in [2.75, 3.05) is 45.9 Å². The van der Waals surface area contributed by atoms with Crippen molar-refractivity contribution in [3.05, 3.63) is 30.1 Å².